The minimum atomic E-state index is 0.0273. The molecule has 6 heteroatoms. The van der Waals surface area contributed by atoms with Crippen LogP contribution in [0.1, 0.15) is 55.9 Å². The number of halogens is 1. The maximum atomic E-state index is 13.7. The molecule has 1 atom stereocenters. The number of rotatable bonds is 8. The lowest BCUT2D eigenvalue weighted by Gasteiger charge is -2.28. The second-order valence-electron chi connectivity index (χ2n) is 10.4. The third-order valence-electron chi connectivity index (χ3n) is 7.01. The van der Waals surface area contributed by atoms with Gasteiger partial charge in [-0.3, -0.25) is 9.69 Å². The SMILES string of the molecule is CCc1c(C)cccc1CN1CC[C@@H](C(=O)N(Cc2cc(Cl)c3c(c2)OCCCO3)CC(C)C)C1. The van der Waals surface area contributed by atoms with E-state index in [1.807, 2.05) is 17.0 Å². The van der Waals surface area contributed by atoms with Gasteiger partial charge in [-0.15, -0.1) is 0 Å². The standard InChI is InChI=1S/C29H39ClN2O3/c1-5-25-21(4)8-6-9-23(25)18-31-11-10-24(19-31)29(33)32(16-20(2)3)17-22-14-26(30)28-27(15-22)34-12-7-13-35-28/h6,8-9,14-15,20,24H,5,7,10-13,16-19H2,1-4H3/t24-/m1/s1. The number of fused-ring (bicyclic) bond motifs is 1. The number of carbonyl (C=O) groups is 1. The first-order chi connectivity index (χ1) is 16.9. The van der Waals surface area contributed by atoms with Crippen LogP contribution in [0.4, 0.5) is 0 Å². The topological polar surface area (TPSA) is 42.0 Å². The van der Waals surface area contributed by atoms with Crippen molar-refractivity contribution in [3.05, 3.63) is 57.6 Å². The van der Waals surface area contributed by atoms with Gasteiger partial charge in [-0.25, -0.2) is 0 Å². The summed E-state index contributed by atoms with van der Waals surface area (Å²) in [5.74, 6) is 1.94. The minimum Gasteiger partial charge on any atom is -0.489 e. The molecule has 0 saturated carbocycles. The van der Waals surface area contributed by atoms with Crippen molar-refractivity contribution in [3.8, 4) is 11.5 Å². The van der Waals surface area contributed by atoms with Crippen molar-refractivity contribution >= 4 is 17.5 Å². The number of amides is 1. The van der Waals surface area contributed by atoms with Crippen LogP contribution in [0.3, 0.4) is 0 Å². The van der Waals surface area contributed by atoms with Crippen molar-refractivity contribution in [1.82, 2.24) is 9.80 Å². The molecule has 2 aliphatic rings. The Bertz CT molecular complexity index is 1040. The number of hydrogen-bond donors (Lipinski definition) is 0. The molecule has 0 aliphatic carbocycles. The molecule has 35 heavy (non-hydrogen) atoms. The molecule has 1 fully saturated rings. The van der Waals surface area contributed by atoms with E-state index in [0.717, 1.165) is 51.0 Å². The molecule has 0 aromatic heterocycles. The Morgan fingerprint density at radius 3 is 2.80 bits per heavy atom. The number of hydrogen-bond acceptors (Lipinski definition) is 4. The Hall–Kier alpha value is -2.24. The third-order valence-corrected chi connectivity index (χ3v) is 7.29. The van der Waals surface area contributed by atoms with Crippen LogP contribution in [0, 0.1) is 18.8 Å². The summed E-state index contributed by atoms with van der Waals surface area (Å²) in [7, 11) is 0. The van der Waals surface area contributed by atoms with Gasteiger partial charge in [0.1, 0.15) is 0 Å². The summed E-state index contributed by atoms with van der Waals surface area (Å²) < 4.78 is 11.6. The molecule has 5 nitrogen and oxygen atoms in total. The largest absolute Gasteiger partial charge is 0.489 e. The zero-order chi connectivity index (χ0) is 24.9. The maximum absolute atomic E-state index is 13.7. The maximum Gasteiger partial charge on any atom is 0.227 e. The fourth-order valence-electron chi connectivity index (χ4n) is 5.36. The smallest absolute Gasteiger partial charge is 0.227 e. The van der Waals surface area contributed by atoms with Crippen molar-refractivity contribution in [2.75, 3.05) is 32.8 Å². The van der Waals surface area contributed by atoms with Gasteiger partial charge in [-0.05, 0) is 66.6 Å². The second-order valence-corrected chi connectivity index (χ2v) is 10.8. The summed E-state index contributed by atoms with van der Waals surface area (Å²) in [6.45, 7) is 13.9. The van der Waals surface area contributed by atoms with Crippen molar-refractivity contribution in [2.24, 2.45) is 11.8 Å². The highest BCUT2D eigenvalue weighted by Gasteiger charge is 2.32. The molecule has 0 unspecified atom stereocenters. The van der Waals surface area contributed by atoms with Crippen LogP contribution in [-0.2, 0) is 24.3 Å². The molecule has 2 aromatic carbocycles. The van der Waals surface area contributed by atoms with Gasteiger partial charge in [-0.2, -0.15) is 0 Å². The van der Waals surface area contributed by atoms with Gasteiger partial charge in [0, 0.05) is 32.6 Å². The Morgan fingerprint density at radius 1 is 1.23 bits per heavy atom. The lowest BCUT2D eigenvalue weighted by molar-refractivity contribution is -0.136. The number of likely N-dealkylation sites (tertiary alicyclic amines) is 1. The van der Waals surface area contributed by atoms with E-state index in [9.17, 15) is 4.79 Å². The molecular weight excluding hydrogens is 460 g/mol. The predicted molar refractivity (Wildman–Crippen MR) is 141 cm³/mol. The van der Waals surface area contributed by atoms with Gasteiger partial charge in [0.2, 0.25) is 5.91 Å². The Labute approximate surface area is 215 Å². The van der Waals surface area contributed by atoms with E-state index < -0.39 is 0 Å². The van der Waals surface area contributed by atoms with Crippen LogP contribution in [0.15, 0.2) is 30.3 Å². The first kappa shape index (κ1) is 25.8. The molecule has 0 spiro atoms. The highest BCUT2D eigenvalue weighted by atomic mass is 35.5. The van der Waals surface area contributed by atoms with Gasteiger partial charge in [0.15, 0.2) is 11.5 Å². The predicted octanol–water partition coefficient (Wildman–Crippen LogP) is 5.88. The van der Waals surface area contributed by atoms with E-state index in [1.54, 1.807) is 0 Å². The van der Waals surface area contributed by atoms with E-state index in [2.05, 4.69) is 50.8 Å². The van der Waals surface area contributed by atoms with Crippen LogP contribution in [0.2, 0.25) is 5.02 Å². The zero-order valence-corrected chi connectivity index (χ0v) is 22.4. The average Bonchev–Trinajstić information content (AvgIpc) is 3.14. The first-order valence-corrected chi connectivity index (χ1v) is 13.4. The molecule has 2 aromatic rings. The molecule has 1 saturated heterocycles. The number of benzene rings is 2. The molecule has 1 amide bonds. The zero-order valence-electron chi connectivity index (χ0n) is 21.6. The normalized spacial score (nSPS) is 18.1. The number of aryl methyl sites for hydroxylation is 1. The second kappa shape index (κ2) is 11.7. The van der Waals surface area contributed by atoms with E-state index in [0.29, 0.717) is 42.2 Å². The fourth-order valence-corrected chi connectivity index (χ4v) is 5.65. The van der Waals surface area contributed by atoms with Crippen LogP contribution in [0.5, 0.6) is 11.5 Å². The van der Waals surface area contributed by atoms with Crippen molar-refractivity contribution < 1.29 is 14.3 Å². The summed E-state index contributed by atoms with van der Waals surface area (Å²) in [6.07, 6.45) is 2.78. The molecule has 0 radical (unpaired) electrons. The molecule has 4 rings (SSSR count). The summed E-state index contributed by atoms with van der Waals surface area (Å²) in [5, 5.41) is 0.549. The highest BCUT2D eigenvalue weighted by Crippen LogP contribution is 2.38. The van der Waals surface area contributed by atoms with Gasteiger partial charge >= 0.3 is 0 Å². The summed E-state index contributed by atoms with van der Waals surface area (Å²) in [6, 6.07) is 10.5. The van der Waals surface area contributed by atoms with E-state index in [-0.39, 0.29) is 11.8 Å². The van der Waals surface area contributed by atoms with Crippen molar-refractivity contribution in [1.29, 1.82) is 0 Å². The Kier molecular flexibility index (Phi) is 8.61. The lowest BCUT2D eigenvalue weighted by Crippen LogP contribution is -2.39. The van der Waals surface area contributed by atoms with Crippen LogP contribution >= 0.6 is 11.6 Å². The summed E-state index contributed by atoms with van der Waals surface area (Å²) >= 11 is 6.53. The van der Waals surface area contributed by atoms with Gasteiger partial charge < -0.3 is 14.4 Å². The molecule has 2 heterocycles. The number of carbonyl (C=O) groups excluding carboxylic acids is 1. The average molecular weight is 499 g/mol. The number of nitrogens with zero attached hydrogens (tertiary/aromatic N) is 2. The number of ether oxygens (including phenoxy) is 2. The van der Waals surface area contributed by atoms with Crippen molar-refractivity contribution in [2.45, 2.75) is 60.0 Å². The quantitative estimate of drug-likeness (QED) is 0.456. The Morgan fingerprint density at radius 2 is 2.03 bits per heavy atom. The van der Waals surface area contributed by atoms with E-state index >= 15 is 0 Å². The summed E-state index contributed by atoms with van der Waals surface area (Å²) in [4.78, 5) is 18.2. The van der Waals surface area contributed by atoms with Crippen LogP contribution < -0.4 is 9.47 Å². The molecule has 2 aliphatic heterocycles. The van der Waals surface area contributed by atoms with Crippen LogP contribution in [0.25, 0.3) is 0 Å². The van der Waals surface area contributed by atoms with Crippen LogP contribution in [-0.4, -0.2) is 48.6 Å². The van der Waals surface area contributed by atoms with E-state index in [1.165, 1.54) is 16.7 Å². The van der Waals surface area contributed by atoms with E-state index in [4.69, 9.17) is 21.1 Å². The first-order valence-electron chi connectivity index (χ1n) is 13.0. The molecule has 190 valence electrons. The van der Waals surface area contributed by atoms with Gasteiger partial charge in [-0.1, -0.05) is 50.6 Å². The fraction of sp³-hybridized carbons (Fsp3) is 0.552. The summed E-state index contributed by atoms with van der Waals surface area (Å²) in [5.41, 5.74) is 5.17. The molecule has 0 bridgehead atoms. The highest BCUT2D eigenvalue weighted by molar-refractivity contribution is 6.32. The minimum absolute atomic E-state index is 0.0273. The monoisotopic (exact) mass is 498 g/mol. The molecular formula is C29H39ClN2O3. The Balaban J connectivity index is 1.46. The van der Waals surface area contributed by atoms with Gasteiger partial charge in [0.05, 0.1) is 24.2 Å². The third kappa shape index (κ3) is 6.31. The lowest BCUT2D eigenvalue weighted by atomic mass is 9.99. The van der Waals surface area contributed by atoms with Crippen molar-refractivity contribution in [3.63, 3.8) is 0 Å². The van der Waals surface area contributed by atoms with Gasteiger partial charge in [0.25, 0.3) is 0 Å². The molecule has 0 N–H and O–H groups in total.